The van der Waals surface area contributed by atoms with E-state index in [1.165, 1.54) is 114 Å². The predicted octanol–water partition coefficient (Wildman–Crippen LogP) is 11.1. The maximum Gasteiger partial charge on any atom is -0.0162 e. The standard InChI is InChI=1S/C34H50/c1-3-5-6-7-8-9-10-28-13-17-30(18-14-28)32-21-25-34(26-22-32)33-23-19-31(20-24-33)29-15-11-27(4-2)12-16-29/h19-30H,3-18H2,1-2H3/t27-,28-,29-,30-. The minimum atomic E-state index is 0.787. The topological polar surface area (TPSA) is 0 Å². The Morgan fingerprint density at radius 1 is 0.500 bits per heavy atom. The molecule has 0 radical (unpaired) electrons. The molecular formula is C34H50. The van der Waals surface area contributed by atoms with Gasteiger partial charge < -0.3 is 0 Å². The molecular weight excluding hydrogens is 408 g/mol. The van der Waals surface area contributed by atoms with Crippen LogP contribution >= 0.6 is 0 Å². The summed E-state index contributed by atoms with van der Waals surface area (Å²) in [6.07, 6.45) is 22.8. The first-order valence-electron chi connectivity index (χ1n) is 15.0. The van der Waals surface area contributed by atoms with Crippen molar-refractivity contribution >= 4 is 0 Å². The summed E-state index contributed by atoms with van der Waals surface area (Å²) in [4.78, 5) is 0. The Kier molecular flexibility index (Phi) is 10.1. The van der Waals surface area contributed by atoms with Crippen LogP contribution in [-0.4, -0.2) is 0 Å². The molecule has 2 fully saturated rings. The highest BCUT2D eigenvalue weighted by molar-refractivity contribution is 5.64. The van der Waals surface area contributed by atoms with Crippen molar-refractivity contribution in [2.24, 2.45) is 11.8 Å². The van der Waals surface area contributed by atoms with E-state index in [1.807, 2.05) is 0 Å². The Labute approximate surface area is 211 Å². The zero-order chi connectivity index (χ0) is 23.6. The van der Waals surface area contributed by atoms with Crippen LogP contribution in [0.2, 0.25) is 0 Å². The predicted molar refractivity (Wildman–Crippen MR) is 150 cm³/mol. The SMILES string of the molecule is CCCCCCCC[C@H]1CC[C@H](c2ccc(-c3ccc([C@H]4CC[C@H](CC)CC4)cc3)cc2)CC1. The second-order valence-corrected chi connectivity index (χ2v) is 11.6. The number of unbranched alkanes of at least 4 members (excludes halogenated alkanes) is 5. The van der Waals surface area contributed by atoms with Crippen molar-refractivity contribution in [1.82, 2.24) is 0 Å². The number of hydrogen-bond donors (Lipinski definition) is 0. The van der Waals surface area contributed by atoms with Crippen molar-refractivity contribution in [1.29, 1.82) is 0 Å². The first-order chi connectivity index (χ1) is 16.8. The van der Waals surface area contributed by atoms with E-state index in [4.69, 9.17) is 0 Å². The average Bonchev–Trinajstić information content (AvgIpc) is 2.91. The van der Waals surface area contributed by atoms with Gasteiger partial charge in [-0.2, -0.15) is 0 Å². The van der Waals surface area contributed by atoms with Crippen molar-refractivity contribution in [2.75, 3.05) is 0 Å². The Morgan fingerprint density at radius 2 is 0.941 bits per heavy atom. The summed E-state index contributed by atoms with van der Waals surface area (Å²) in [7, 11) is 0. The highest BCUT2D eigenvalue weighted by atomic mass is 14.3. The van der Waals surface area contributed by atoms with Crippen LogP contribution in [0, 0.1) is 11.8 Å². The molecule has 2 saturated carbocycles. The zero-order valence-electron chi connectivity index (χ0n) is 22.2. The fourth-order valence-corrected chi connectivity index (χ4v) is 6.80. The fraction of sp³-hybridized carbons (Fsp3) is 0.647. The molecule has 2 aliphatic carbocycles. The van der Waals surface area contributed by atoms with Gasteiger partial charge in [0.1, 0.15) is 0 Å². The minimum absolute atomic E-state index is 0.787. The molecule has 2 aromatic carbocycles. The van der Waals surface area contributed by atoms with E-state index in [1.54, 1.807) is 11.1 Å². The summed E-state index contributed by atoms with van der Waals surface area (Å²) in [6.45, 7) is 4.66. The fourth-order valence-electron chi connectivity index (χ4n) is 6.80. The monoisotopic (exact) mass is 458 g/mol. The Morgan fingerprint density at radius 3 is 1.41 bits per heavy atom. The minimum Gasteiger partial charge on any atom is -0.0654 e. The summed E-state index contributed by atoms with van der Waals surface area (Å²) in [5, 5.41) is 0. The van der Waals surface area contributed by atoms with Crippen LogP contribution in [0.15, 0.2) is 48.5 Å². The van der Waals surface area contributed by atoms with Crippen LogP contribution in [0.1, 0.15) is 140 Å². The smallest absolute Gasteiger partial charge is 0.0162 e. The molecule has 186 valence electrons. The highest BCUT2D eigenvalue weighted by Gasteiger charge is 2.23. The van der Waals surface area contributed by atoms with Gasteiger partial charge >= 0.3 is 0 Å². The highest BCUT2D eigenvalue weighted by Crippen LogP contribution is 2.39. The molecule has 0 heteroatoms. The molecule has 0 aliphatic heterocycles. The van der Waals surface area contributed by atoms with Gasteiger partial charge in [-0.05, 0) is 97.3 Å². The maximum atomic E-state index is 2.42. The van der Waals surface area contributed by atoms with E-state index in [0.717, 1.165) is 23.7 Å². The quantitative estimate of drug-likeness (QED) is 0.294. The maximum absolute atomic E-state index is 2.42. The van der Waals surface area contributed by atoms with Crippen LogP contribution in [0.25, 0.3) is 11.1 Å². The van der Waals surface area contributed by atoms with Gasteiger partial charge in [0.15, 0.2) is 0 Å². The first kappa shape index (κ1) is 25.5. The van der Waals surface area contributed by atoms with E-state index in [9.17, 15) is 0 Å². The molecule has 0 unspecified atom stereocenters. The lowest BCUT2D eigenvalue weighted by molar-refractivity contribution is 0.302. The van der Waals surface area contributed by atoms with Gasteiger partial charge in [-0.25, -0.2) is 0 Å². The van der Waals surface area contributed by atoms with Crippen molar-refractivity contribution in [2.45, 2.75) is 128 Å². The third-order valence-electron chi connectivity index (χ3n) is 9.33. The van der Waals surface area contributed by atoms with Gasteiger partial charge in [0.05, 0.1) is 0 Å². The Balaban J connectivity index is 1.22. The largest absolute Gasteiger partial charge is 0.0654 e. The van der Waals surface area contributed by atoms with E-state index in [-0.39, 0.29) is 0 Å². The van der Waals surface area contributed by atoms with Gasteiger partial charge in [-0.1, -0.05) is 114 Å². The lowest BCUT2D eigenvalue weighted by Crippen LogP contribution is -2.13. The van der Waals surface area contributed by atoms with Gasteiger partial charge in [0.2, 0.25) is 0 Å². The van der Waals surface area contributed by atoms with E-state index < -0.39 is 0 Å². The van der Waals surface area contributed by atoms with Crippen LogP contribution in [0.4, 0.5) is 0 Å². The molecule has 0 bridgehead atoms. The number of benzene rings is 2. The van der Waals surface area contributed by atoms with E-state index >= 15 is 0 Å². The summed E-state index contributed by atoms with van der Waals surface area (Å²) in [6, 6.07) is 19.1. The molecule has 0 aromatic heterocycles. The third kappa shape index (κ3) is 7.22. The van der Waals surface area contributed by atoms with Crippen LogP contribution in [0.5, 0.6) is 0 Å². The molecule has 2 aromatic rings. The lowest BCUT2D eigenvalue weighted by atomic mass is 9.76. The second kappa shape index (κ2) is 13.5. The van der Waals surface area contributed by atoms with Crippen molar-refractivity contribution in [3.63, 3.8) is 0 Å². The molecule has 2 aliphatic rings. The van der Waals surface area contributed by atoms with E-state index in [0.29, 0.717) is 0 Å². The van der Waals surface area contributed by atoms with Gasteiger partial charge in [0.25, 0.3) is 0 Å². The Hall–Kier alpha value is -1.56. The number of rotatable bonds is 11. The summed E-state index contributed by atoms with van der Waals surface area (Å²) < 4.78 is 0. The van der Waals surface area contributed by atoms with Crippen molar-refractivity contribution in [3.8, 4) is 11.1 Å². The van der Waals surface area contributed by atoms with Crippen molar-refractivity contribution in [3.05, 3.63) is 59.7 Å². The number of hydrogen-bond acceptors (Lipinski definition) is 0. The molecule has 0 spiro atoms. The molecule has 0 amide bonds. The summed E-state index contributed by atoms with van der Waals surface area (Å²) in [5.74, 6) is 3.55. The molecule has 0 nitrogen and oxygen atoms in total. The zero-order valence-corrected chi connectivity index (χ0v) is 22.2. The van der Waals surface area contributed by atoms with Gasteiger partial charge in [-0.15, -0.1) is 0 Å². The lowest BCUT2D eigenvalue weighted by Gasteiger charge is -2.29. The molecule has 0 saturated heterocycles. The first-order valence-corrected chi connectivity index (χ1v) is 15.0. The Bertz CT molecular complexity index is 798. The molecule has 0 heterocycles. The van der Waals surface area contributed by atoms with Crippen LogP contribution in [-0.2, 0) is 0 Å². The molecule has 34 heavy (non-hydrogen) atoms. The van der Waals surface area contributed by atoms with Gasteiger partial charge in [-0.3, -0.25) is 0 Å². The van der Waals surface area contributed by atoms with Crippen molar-refractivity contribution < 1.29 is 0 Å². The summed E-state index contributed by atoms with van der Waals surface area (Å²) in [5.41, 5.74) is 5.89. The van der Waals surface area contributed by atoms with Crippen LogP contribution < -0.4 is 0 Å². The van der Waals surface area contributed by atoms with Gasteiger partial charge in [0, 0.05) is 0 Å². The average molecular weight is 459 g/mol. The normalized spacial score (nSPS) is 25.4. The molecule has 4 rings (SSSR count). The second-order valence-electron chi connectivity index (χ2n) is 11.6. The molecule has 0 atom stereocenters. The van der Waals surface area contributed by atoms with Crippen LogP contribution in [0.3, 0.4) is 0 Å². The van der Waals surface area contributed by atoms with E-state index in [2.05, 4.69) is 62.4 Å². The third-order valence-corrected chi connectivity index (χ3v) is 9.33. The summed E-state index contributed by atoms with van der Waals surface area (Å²) >= 11 is 0. The molecule has 0 N–H and O–H groups in total.